The Morgan fingerprint density at radius 2 is 1.85 bits per heavy atom. The number of likely N-dealkylation sites (N-methyl/N-ethyl adjacent to an activating group) is 1. The van der Waals surface area contributed by atoms with Gasteiger partial charge in [0.05, 0.1) is 12.1 Å². The van der Waals surface area contributed by atoms with Gasteiger partial charge in [-0.2, -0.15) is 0 Å². The molecule has 0 aliphatic carbocycles. The average molecular weight is 284 g/mol. The van der Waals surface area contributed by atoms with E-state index in [0.29, 0.717) is 0 Å². The quantitative estimate of drug-likeness (QED) is 0.927. The molecule has 0 aliphatic rings. The highest BCUT2D eigenvalue weighted by atomic mass is 19.1. The lowest BCUT2D eigenvalue weighted by molar-refractivity contribution is -0.135. The second kappa shape index (κ2) is 5.87. The minimum atomic E-state index is -0.702. The Kier molecular flexibility index (Phi) is 4.86. The van der Waals surface area contributed by atoms with Crippen LogP contribution in [0.4, 0.5) is 8.78 Å². The van der Waals surface area contributed by atoms with Crippen LogP contribution in [0.15, 0.2) is 18.2 Å². The predicted octanol–water partition coefficient (Wildman–Crippen LogP) is 2.86. The number of carbonyl (C=O) groups excluding carboxylic acids is 1. The van der Waals surface area contributed by atoms with E-state index in [2.05, 4.69) is 0 Å². The lowest BCUT2D eigenvalue weighted by Gasteiger charge is -2.33. The molecular formula is C15H22F2N2O. The Morgan fingerprint density at radius 1 is 1.30 bits per heavy atom. The summed E-state index contributed by atoms with van der Waals surface area (Å²) in [6, 6.07) is 1.92. The molecule has 0 aromatic heterocycles. The second-order valence-corrected chi connectivity index (χ2v) is 6.13. The standard InChI is InChI=1S/C15H22F2N2O/c1-9(11-8-10(16)6-7-12(11)17)19(5)14(20)13(18)15(2,3)4/h6-9,13H,18H2,1-5H3/t9?,13-/m0/s1. The highest BCUT2D eigenvalue weighted by Gasteiger charge is 2.32. The van der Waals surface area contributed by atoms with Crippen LogP contribution in [0.1, 0.15) is 39.3 Å². The van der Waals surface area contributed by atoms with Crippen molar-refractivity contribution in [3.8, 4) is 0 Å². The highest BCUT2D eigenvalue weighted by Crippen LogP contribution is 2.26. The van der Waals surface area contributed by atoms with Crippen LogP contribution in [0.5, 0.6) is 0 Å². The molecule has 0 fully saturated rings. The van der Waals surface area contributed by atoms with Gasteiger partial charge in [0.15, 0.2) is 0 Å². The zero-order valence-electron chi connectivity index (χ0n) is 12.6. The van der Waals surface area contributed by atoms with Crippen LogP contribution in [0.3, 0.4) is 0 Å². The fourth-order valence-corrected chi connectivity index (χ4v) is 1.82. The zero-order chi connectivity index (χ0) is 15.7. The van der Waals surface area contributed by atoms with Crippen molar-refractivity contribution in [2.75, 3.05) is 7.05 Å². The third-order valence-electron chi connectivity index (χ3n) is 3.54. The van der Waals surface area contributed by atoms with Gasteiger partial charge >= 0.3 is 0 Å². The molecule has 0 radical (unpaired) electrons. The monoisotopic (exact) mass is 284 g/mol. The van der Waals surface area contributed by atoms with Crippen molar-refractivity contribution < 1.29 is 13.6 Å². The van der Waals surface area contributed by atoms with E-state index in [1.54, 1.807) is 14.0 Å². The summed E-state index contributed by atoms with van der Waals surface area (Å²) < 4.78 is 27.0. The normalized spacial score (nSPS) is 14.8. The summed E-state index contributed by atoms with van der Waals surface area (Å²) >= 11 is 0. The van der Waals surface area contributed by atoms with Crippen molar-refractivity contribution >= 4 is 5.91 Å². The predicted molar refractivity (Wildman–Crippen MR) is 75.0 cm³/mol. The first-order chi connectivity index (χ1) is 9.05. The van der Waals surface area contributed by atoms with Crippen LogP contribution in [0, 0.1) is 17.0 Å². The van der Waals surface area contributed by atoms with Crippen LogP contribution >= 0.6 is 0 Å². The molecule has 0 saturated carbocycles. The van der Waals surface area contributed by atoms with Gasteiger partial charge in [0, 0.05) is 12.6 Å². The van der Waals surface area contributed by atoms with Crippen molar-refractivity contribution in [1.29, 1.82) is 0 Å². The average Bonchev–Trinajstić information content (AvgIpc) is 2.37. The lowest BCUT2D eigenvalue weighted by Crippen LogP contribution is -2.49. The molecule has 5 heteroatoms. The van der Waals surface area contributed by atoms with E-state index in [0.717, 1.165) is 18.2 Å². The summed E-state index contributed by atoms with van der Waals surface area (Å²) in [6.45, 7) is 7.22. The number of nitrogens with zero attached hydrogens (tertiary/aromatic N) is 1. The van der Waals surface area contributed by atoms with Crippen LogP contribution in [-0.2, 0) is 4.79 Å². The fraction of sp³-hybridized carbons (Fsp3) is 0.533. The molecule has 0 aliphatic heterocycles. The van der Waals surface area contributed by atoms with E-state index in [9.17, 15) is 13.6 Å². The van der Waals surface area contributed by atoms with E-state index in [1.165, 1.54) is 4.90 Å². The zero-order valence-corrected chi connectivity index (χ0v) is 12.6. The lowest BCUT2D eigenvalue weighted by atomic mass is 9.86. The first-order valence-electron chi connectivity index (χ1n) is 6.53. The maximum absolute atomic E-state index is 13.7. The van der Waals surface area contributed by atoms with E-state index in [1.807, 2.05) is 20.8 Å². The van der Waals surface area contributed by atoms with Gasteiger partial charge in [-0.15, -0.1) is 0 Å². The third-order valence-corrected chi connectivity index (χ3v) is 3.54. The fourth-order valence-electron chi connectivity index (χ4n) is 1.82. The molecule has 1 rings (SSSR count). The topological polar surface area (TPSA) is 46.3 Å². The number of carbonyl (C=O) groups is 1. The molecule has 2 N–H and O–H groups in total. The van der Waals surface area contributed by atoms with Crippen molar-refractivity contribution in [2.24, 2.45) is 11.1 Å². The summed E-state index contributed by atoms with van der Waals surface area (Å²) in [5, 5.41) is 0. The molecule has 0 spiro atoms. The van der Waals surface area contributed by atoms with Crippen molar-refractivity contribution in [3.63, 3.8) is 0 Å². The van der Waals surface area contributed by atoms with Crippen molar-refractivity contribution in [1.82, 2.24) is 4.90 Å². The van der Waals surface area contributed by atoms with Gasteiger partial charge in [-0.25, -0.2) is 8.78 Å². The smallest absolute Gasteiger partial charge is 0.240 e. The Balaban J connectivity index is 2.99. The van der Waals surface area contributed by atoms with Crippen LogP contribution in [0.25, 0.3) is 0 Å². The molecule has 112 valence electrons. The van der Waals surface area contributed by atoms with Gasteiger partial charge in [-0.1, -0.05) is 20.8 Å². The van der Waals surface area contributed by atoms with Gasteiger partial charge in [0.25, 0.3) is 0 Å². The molecule has 1 unspecified atom stereocenters. The molecule has 0 heterocycles. The van der Waals surface area contributed by atoms with Crippen LogP contribution < -0.4 is 5.73 Å². The summed E-state index contributed by atoms with van der Waals surface area (Å²) in [7, 11) is 1.54. The maximum atomic E-state index is 13.7. The maximum Gasteiger partial charge on any atom is 0.240 e. The van der Waals surface area contributed by atoms with Gasteiger partial charge in [0.1, 0.15) is 11.6 Å². The molecular weight excluding hydrogens is 262 g/mol. The number of hydrogen-bond donors (Lipinski definition) is 1. The molecule has 0 saturated heterocycles. The number of halogens is 2. The Hall–Kier alpha value is -1.49. The molecule has 20 heavy (non-hydrogen) atoms. The first-order valence-corrected chi connectivity index (χ1v) is 6.53. The van der Waals surface area contributed by atoms with Crippen LogP contribution in [0.2, 0.25) is 0 Å². The molecule has 2 atom stereocenters. The number of rotatable bonds is 3. The van der Waals surface area contributed by atoms with E-state index < -0.39 is 29.1 Å². The van der Waals surface area contributed by atoms with Crippen LogP contribution in [-0.4, -0.2) is 23.9 Å². The van der Waals surface area contributed by atoms with Gasteiger partial charge in [-0.05, 0) is 30.5 Å². The number of benzene rings is 1. The van der Waals surface area contributed by atoms with Crippen molar-refractivity contribution in [2.45, 2.75) is 39.8 Å². The third kappa shape index (κ3) is 3.54. The molecule has 1 aromatic rings. The number of amides is 1. The Labute approximate surface area is 118 Å². The highest BCUT2D eigenvalue weighted by molar-refractivity contribution is 5.82. The largest absolute Gasteiger partial charge is 0.338 e. The minimum absolute atomic E-state index is 0.141. The van der Waals surface area contributed by atoms with Gasteiger partial charge < -0.3 is 10.6 Å². The number of hydrogen-bond acceptors (Lipinski definition) is 2. The summed E-state index contributed by atoms with van der Waals surface area (Å²) in [4.78, 5) is 13.6. The van der Waals surface area contributed by atoms with E-state index in [4.69, 9.17) is 5.73 Å². The summed E-state index contributed by atoms with van der Waals surface area (Å²) in [5.41, 5.74) is 5.66. The summed E-state index contributed by atoms with van der Waals surface area (Å²) in [6.07, 6.45) is 0. The number of nitrogens with two attached hydrogens (primary N) is 1. The first kappa shape index (κ1) is 16.6. The van der Waals surface area contributed by atoms with E-state index in [-0.39, 0.29) is 11.5 Å². The molecule has 1 amide bonds. The van der Waals surface area contributed by atoms with E-state index >= 15 is 0 Å². The van der Waals surface area contributed by atoms with Gasteiger partial charge in [0.2, 0.25) is 5.91 Å². The summed E-state index contributed by atoms with van der Waals surface area (Å²) in [5.74, 6) is -1.37. The molecule has 3 nitrogen and oxygen atoms in total. The molecule has 1 aromatic carbocycles. The van der Waals surface area contributed by atoms with Gasteiger partial charge in [-0.3, -0.25) is 4.79 Å². The SMILES string of the molecule is CC(c1cc(F)ccc1F)N(C)C(=O)[C@H](N)C(C)(C)C. The van der Waals surface area contributed by atoms with Crippen molar-refractivity contribution in [3.05, 3.63) is 35.4 Å². The second-order valence-electron chi connectivity index (χ2n) is 6.13. The Morgan fingerprint density at radius 3 is 2.35 bits per heavy atom. The molecule has 0 bridgehead atoms. The minimum Gasteiger partial charge on any atom is -0.338 e. The Bertz CT molecular complexity index is 497.